The summed E-state index contributed by atoms with van der Waals surface area (Å²) in [5.41, 5.74) is 2.15. The molecule has 3 N–H and O–H groups in total. The Morgan fingerprint density at radius 3 is 2.58 bits per heavy atom. The van der Waals surface area contributed by atoms with Gasteiger partial charge in [0, 0.05) is 18.2 Å². The van der Waals surface area contributed by atoms with Gasteiger partial charge in [-0.3, -0.25) is 23.7 Å². The Morgan fingerprint density at radius 2 is 1.95 bits per heavy atom. The number of aromatic nitrogens is 2. The standard InChI is InChI=1S/C25H34N3O8PSi/c1-17(24(31)34-2)27-37(33,36-21-9-7-6-8-10-21)35-16-19-13-20(14-22(19)29)28-15-18(11-12-38(3,4)5)23(30)26-25(28)32/h6-10,15,17,19-20,22,29H,13-14,16H2,1-5H3,(H,27,33)(H,26,30,32)/t17-,19?,20?,22?,37?/m0/s1. The van der Waals surface area contributed by atoms with Gasteiger partial charge in [0.1, 0.15) is 25.4 Å². The van der Waals surface area contributed by atoms with E-state index >= 15 is 0 Å². The SMILES string of the molecule is COC(=O)[C@H](C)NP(=O)(OCC1CC(n2cc(C#C[Si](C)(C)C)c(=O)[nH]c2=O)CC1O)Oc1ccccc1. The van der Waals surface area contributed by atoms with E-state index in [4.69, 9.17) is 13.8 Å². The van der Waals surface area contributed by atoms with Crippen molar-refractivity contribution in [2.75, 3.05) is 13.7 Å². The predicted molar refractivity (Wildman–Crippen MR) is 145 cm³/mol. The molecular weight excluding hydrogens is 529 g/mol. The first-order valence-electron chi connectivity index (χ1n) is 12.2. The first-order chi connectivity index (χ1) is 17.8. The van der Waals surface area contributed by atoms with Gasteiger partial charge in [-0.05, 0) is 31.9 Å². The highest BCUT2D eigenvalue weighted by molar-refractivity contribution is 7.52. The number of carbonyl (C=O) groups excluding carboxylic acids is 1. The van der Waals surface area contributed by atoms with E-state index in [1.807, 2.05) is 19.6 Å². The number of aromatic amines is 1. The van der Waals surface area contributed by atoms with Crippen LogP contribution >= 0.6 is 7.75 Å². The molecule has 1 aromatic carbocycles. The van der Waals surface area contributed by atoms with Crippen LogP contribution in [0.4, 0.5) is 0 Å². The van der Waals surface area contributed by atoms with Crippen LogP contribution in [0.5, 0.6) is 5.75 Å². The van der Waals surface area contributed by atoms with Gasteiger partial charge in [0.15, 0.2) is 0 Å². The Bertz CT molecular complexity index is 1360. The van der Waals surface area contributed by atoms with Crippen LogP contribution in [0.2, 0.25) is 19.6 Å². The smallest absolute Gasteiger partial charge is 0.459 e. The second-order valence-electron chi connectivity index (χ2n) is 10.2. The van der Waals surface area contributed by atoms with Crippen molar-refractivity contribution in [3.05, 3.63) is 62.9 Å². The molecule has 0 saturated heterocycles. The van der Waals surface area contributed by atoms with Gasteiger partial charge in [-0.1, -0.05) is 43.8 Å². The third-order valence-corrected chi connectivity index (χ3v) is 8.42. The molecule has 1 heterocycles. The number of aliphatic hydroxyl groups excluding tert-OH is 1. The number of nitrogens with zero attached hydrogens (tertiary/aromatic N) is 1. The molecule has 4 unspecified atom stereocenters. The summed E-state index contributed by atoms with van der Waals surface area (Å²) >= 11 is 0. The van der Waals surface area contributed by atoms with Gasteiger partial charge in [0.25, 0.3) is 5.56 Å². The predicted octanol–water partition coefficient (Wildman–Crippen LogP) is 2.43. The van der Waals surface area contributed by atoms with Crippen molar-refractivity contribution in [2.45, 2.75) is 57.6 Å². The van der Waals surface area contributed by atoms with Crippen LogP contribution in [0.15, 0.2) is 46.1 Å². The molecule has 1 fully saturated rings. The Kier molecular flexibility index (Phi) is 9.57. The van der Waals surface area contributed by atoms with Crippen molar-refractivity contribution in [2.24, 2.45) is 5.92 Å². The molecule has 3 rings (SSSR count). The van der Waals surface area contributed by atoms with Gasteiger partial charge in [0.2, 0.25) is 0 Å². The number of para-hydroxylation sites is 1. The summed E-state index contributed by atoms with van der Waals surface area (Å²) in [5, 5.41) is 13.3. The fourth-order valence-electron chi connectivity index (χ4n) is 3.95. The minimum absolute atomic E-state index is 0.178. The van der Waals surface area contributed by atoms with Gasteiger partial charge in [-0.25, -0.2) is 9.36 Å². The fourth-order valence-corrected chi connectivity index (χ4v) is 6.01. The molecule has 0 amide bonds. The highest BCUT2D eigenvalue weighted by atomic mass is 31.2. The summed E-state index contributed by atoms with van der Waals surface area (Å²) in [7, 11) is -4.62. The largest absolute Gasteiger partial charge is 0.468 e. The summed E-state index contributed by atoms with van der Waals surface area (Å²) in [6.45, 7) is 7.42. The zero-order valence-electron chi connectivity index (χ0n) is 22.1. The maximum Gasteiger partial charge on any atom is 0.459 e. The van der Waals surface area contributed by atoms with E-state index in [1.165, 1.54) is 24.8 Å². The highest BCUT2D eigenvalue weighted by Gasteiger charge is 2.38. The zero-order valence-corrected chi connectivity index (χ0v) is 24.0. The number of rotatable bonds is 9. The van der Waals surface area contributed by atoms with Crippen molar-refractivity contribution in [3.63, 3.8) is 0 Å². The first kappa shape index (κ1) is 29.6. The minimum Gasteiger partial charge on any atom is -0.468 e. The molecule has 0 bridgehead atoms. The molecule has 2 aromatic rings. The van der Waals surface area contributed by atoms with Gasteiger partial charge in [0.05, 0.1) is 19.8 Å². The topological polar surface area (TPSA) is 149 Å². The summed E-state index contributed by atoms with van der Waals surface area (Å²) in [5.74, 6) is 1.99. The molecule has 1 aliphatic rings. The van der Waals surface area contributed by atoms with Crippen LogP contribution in [0.3, 0.4) is 0 Å². The maximum absolute atomic E-state index is 13.6. The maximum atomic E-state index is 13.6. The van der Waals surface area contributed by atoms with Crippen LogP contribution < -0.4 is 20.9 Å². The quantitative estimate of drug-likeness (QED) is 0.181. The number of methoxy groups -OCH3 is 1. The summed E-state index contributed by atoms with van der Waals surface area (Å²) in [6.07, 6.45) is 1.08. The number of benzene rings is 1. The van der Waals surface area contributed by atoms with Crippen LogP contribution in [-0.4, -0.2) is 54.6 Å². The lowest BCUT2D eigenvalue weighted by Gasteiger charge is -2.24. The summed E-state index contributed by atoms with van der Waals surface area (Å²) in [4.78, 5) is 39.0. The molecule has 38 heavy (non-hydrogen) atoms. The van der Waals surface area contributed by atoms with E-state index < -0.39 is 57.1 Å². The number of aliphatic hydroxyl groups is 1. The number of H-pyrrole nitrogens is 1. The van der Waals surface area contributed by atoms with Crippen LogP contribution in [0, 0.1) is 17.4 Å². The van der Waals surface area contributed by atoms with E-state index in [9.17, 15) is 24.1 Å². The van der Waals surface area contributed by atoms with Crippen molar-refractivity contribution in [3.8, 4) is 17.2 Å². The first-order valence-corrected chi connectivity index (χ1v) is 17.3. The molecule has 1 aliphatic carbocycles. The van der Waals surface area contributed by atoms with Crippen molar-refractivity contribution >= 4 is 21.8 Å². The lowest BCUT2D eigenvalue weighted by molar-refractivity contribution is -0.142. The van der Waals surface area contributed by atoms with Crippen LogP contribution in [0.25, 0.3) is 0 Å². The molecule has 0 radical (unpaired) electrons. The van der Waals surface area contributed by atoms with Crippen molar-refractivity contribution < 1.29 is 28.3 Å². The molecule has 5 atom stereocenters. The molecule has 11 nitrogen and oxygen atoms in total. The second kappa shape index (κ2) is 12.3. The monoisotopic (exact) mass is 563 g/mol. The van der Waals surface area contributed by atoms with Crippen molar-refractivity contribution in [1.29, 1.82) is 0 Å². The number of nitrogens with one attached hydrogen (secondary N) is 2. The summed E-state index contributed by atoms with van der Waals surface area (Å²) < 4.78 is 30.9. The molecule has 206 valence electrons. The average Bonchev–Trinajstić information content (AvgIpc) is 3.21. The lowest BCUT2D eigenvalue weighted by Crippen LogP contribution is -2.35. The van der Waals surface area contributed by atoms with E-state index in [0.29, 0.717) is 6.42 Å². The van der Waals surface area contributed by atoms with Crippen LogP contribution in [0.1, 0.15) is 31.4 Å². The van der Waals surface area contributed by atoms with E-state index in [-0.39, 0.29) is 24.3 Å². The van der Waals surface area contributed by atoms with Gasteiger partial charge in [-0.2, -0.15) is 5.09 Å². The molecule has 0 spiro atoms. The van der Waals surface area contributed by atoms with E-state index in [2.05, 4.69) is 21.5 Å². The number of hydrogen-bond acceptors (Lipinski definition) is 8. The normalized spacial score (nSPS) is 21.6. The van der Waals surface area contributed by atoms with Gasteiger partial charge < -0.3 is 14.4 Å². The number of carbonyl (C=O) groups is 1. The number of esters is 1. The van der Waals surface area contributed by atoms with Gasteiger partial charge >= 0.3 is 19.4 Å². The molecule has 0 aliphatic heterocycles. The molecule has 1 aromatic heterocycles. The Labute approximate surface area is 222 Å². The lowest BCUT2D eigenvalue weighted by atomic mass is 10.1. The van der Waals surface area contributed by atoms with Gasteiger partial charge in [-0.15, -0.1) is 5.54 Å². The fraction of sp³-hybridized carbons (Fsp3) is 0.480. The average molecular weight is 564 g/mol. The van der Waals surface area contributed by atoms with E-state index in [1.54, 1.807) is 30.3 Å². The van der Waals surface area contributed by atoms with Crippen LogP contribution in [-0.2, 0) is 18.6 Å². The highest BCUT2D eigenvalue weighted by Crippen LogP contribution is 2.47. The third kappa shape index (κ3) is 8.03. The molecule has 1 saturated carbocycles. The Morgan fingerprint density at radius 1 is 1.26 bits per heavy atom. The minimum atomic E-state index is -4.08. The number of ether oxygens (including phenoxy) is 1. The summed E-state index contributed by atoms with van der Waals surface area (Å²) in [6, 6.07) is 6.90. The second-order valence-corrected chi connectivity index (χ2v) is 16.7. The molecule has 13 heteroatoms. The molecular formula is C25H34N3O8PSi. The van der Waals surface area contributed by atoms with Crippen molar-refractivity contribution in [1.82, 2.24) is 14.6 Å². The third-order valence-electron chi connectivity index (χ3n) is 5.90. The zero-order chi connectivity index (χ0) is 28.1. The Balaban J connectivity index is 1.78. The Hall–Kier alpha value is -2.94. The number of hydrogen-bond donors (Lipinski definition) is 3. The van der Waals surface area contributed by atoms with E-state index in [0.717, 1.165) is 0 Å².